The smallest absolute Gasteiger partial charge is 0.277 e. The third kappa shape index (κ3) is 5.32. The molecule has 0 atom stereocenters. The van der Waals surface area contributed by atoms with Gasteiger partial charge in [0.05, 0.1) is 16.3 Å². The van der Waals surface area contributed by atoms with E-state index in [9.17, 15) is 4.79 Å². The Bertz CT molecular complexity index is 1050. The number of ether oxygens (including phenoxy) is 1. The van der Waals surface area contributed by atoms with Crippen LogP contribution in [0, 0.1) is 13.8 Å². The van der Waals surface area contributed by atoms with Gasteiger partial charge in [-0.05, 0) is 61.4 Å². The number of hydrogen-bond acceptors (Lipinski definition) is 4. The molecule has 0 aliphatic carbocycles. The van der Waals surface area contributed by atoms with E-state index in [0.717, 1.165) is 11.1 Å². The molecule has 1 amide bonds. The van der Waals surface area contributed by atoms with Crippen LogP contribution < -0.4 is 10.2 Å². The second-order valence-corrected chi connectivity index (χ2v) is 7.42. The molecule has 1 aromatic heterocycles. The topological polar surface area (TPSA) is 63.8 Å². The first kappa shape index (κ1) is 21.2. The fraction of sp³-hybridized carbons (Fsp3) is 0.143. The first-order chi connectivity index (χ1) is 13.8. The molecule has 1 N–H and O–H groups in total. The van der Waals surface area contributed by atoms with Crippen LogP contribution in [0.15, 0.2) is 52.0 Å². The van der Waals surface area contributed by atoms with Crippen LogP contribution >= 0.6 is 34.8 Å². The minimum Gasteiger partial charge on any atom is -0.484 e. The Hall–Kier alpha value is -2.47. The molecule has 8 heteroatoms. The summed E-state index contributed by atoms with van der Waals surface area (Å²) in [5, 5.41) is 5.40. The predicted molar refractivity (Wildman–Crippen MR) is 116 cm³/mol. The van der Waals surface area contributed by atoms with Gasteiger partial charge >= 0.3 is 0 Å². The summed E-state index contributed by atoms with van der Waals surface area (Å²) in [7, 11) is 0. The third-order valence-electron chi connectivity index (χ3n) is 4.00. The number of nitrogens with one attached hydrogen (secondary N) is 1. The molecule has 1 heterocycles. The van der Waals surface area contributed by atoms with Crippen molar-refractivity contribution < 1.29 is 13.9 Å². The van der Waals surface area contributed by atoms with E-state index in [1.165, 1.54) is 6.21 Å². The second-order valence-electron chi connectivity index (χ2n) is 6.26. The molecule has 29 heavy (non-hydrogen) atoms. The van der Waals surface area contributed by atoms with Crippen molar-refractivity contribution in [2.24, 2.45) is 5.10 Å². The summed E-state index contributed by atoms with van der Waals surface area (Å²) in [5.74, 6) is 1.15. The van der Waals surface area contributed by atoms with Gasteiger partial charge < -0.3 is 9.15 Å². The van der Waals surface area contributed by atoms with Gasteiger partial charge in [0.25, 0.3) is 5.91 Å². The summed E-state index contributed by atoms with van der Waals surface area (Å²) in [5.41, 5.74) is 4.82. The van der Waals surface area contributed by atoms with Crippen LogP contribution in [0.25, 0.3) is 11.3 Å². The molecule has 0 saturated carbocycles. The molecule has 0 saturated heterocycles. The van der Waals surface area contributed by atoms with E-state index in [2.05, 4.69) is 10.5 Å². The second kappa shape index (κ2) is 9.35. The number of aryl methyl sites for hydroxylation is 2. The van der Waals surface area contributed by atoms with E-state index < -0.39 is 5.91 Å². The average molecular weight is 452 g/mol. The van der Waals surface area contributed by atoms with E-state index in [4.69, 9.17) is 44.0 Å². The molecule has 0 aliphatic heterocycles. The summed E-state index contributed by atoms with van der Waals surface area (Å²) in [6.07, 6.45) is 1.39. The van der Waals surface area contributed by atoms with Gasteiger partial charge in [-0.1, -0.05) is 40.9 Å². The van der Waals surface area contributed by atoms with Gasteiger partial charge in [0.2, 0.25) is 0 Å². The van der Waals surface area contributed by atoms with Gasteiger partial charge in [0.1, 0.15) is 17.3 Å². The monoisotopic (exact) mass is 450 g/mol. The lowest BCUT2D eigenvalue weighted by Crippen LogP contribution is -2.24. The van der Waals surface area contributed by atoms with Crippen LogP contribution in [-0.2, 0) is 4.79 Å². The number of hydrogen-bond donors (Lipinski definition) is 1. The highest BCUT2D eigenvalue weighted by Crippen LogP contribution is 2.34. The molecule has 0 bridgehead atoms. The van der Waals surface area contributed by atoms with Crippen molar-refractivity contribution in [3.63, 3.8) is 0 Å². The molecule has 5 nitrogen and oxygen atoms in total. The van der Waals surface area contributed by atoms with Crippen molar-refractivity contribution in [1.29, 1.82) is 0 Å². The van der Waals surface area contributed by atoms with Crippen molar-refractivity contribution in [2.45, 2.75) is 13.8 Å². The molecule has 2 aromatic carbocycles. The standard InChI is InChI=1S/C21H17Cl3N2O3/c1-12-8-15(9-13(2)20(12)23)28-11-19(27)26-25-10-14-6-7-18(29-14)16-4-3-5-17(22)21(16)24/h3-10H,11H2,1-2H3,(H,26,27)/b25-10-. The first-order valence-electron chi connectivity index (χ1n) is 8.61. The lowest BCUT2D eigenvalue weighted by Gasteiger charge is -2.09. The van der Waals surface area contributed by atoms with Crippen LogP contribution in [0.4, 0.5) is 0 Å². The number of carbonyl (C=O) groups is 1. The predicted octanol–water partition coefficient (Wildman–Crippen LogP) is 6.05. The third-order valence-corrected chi connectivity index (χ3v) is 5.42. The Kier molecular flexibility index (Phi) is 6.85. The highest BCUT2D eigenvalue weighted by Gasteiger charge is 2.10. The Morgan fingerprint density at radius 2 is 1.83 bits per heavy atom. The lowest BCUT2D eigenvalue weighted by molar-refractivity contribution is -0.123. The van der Waals surface area contributed by atoms with Gasteiger partial charge in [0.15, 0.2) is 6.61 Å². The number of hydrazone groups is 1. The molecular weight excluding hydrogens is 435 g/mol. The maximum Gasteiger partial charge on any atom is 0.277 e. The van der Waals surface area contributed by atoms with Crippen molar-refractivity contribution in [3.8, 4) is 17.1 Å². The molecule has 3 aromatic rings. The first-order valence-corrected chi connectivity index (χ1v) is 9.74. The zero-order valence-corrected chi connectivity index (χ0v) is 17.9. The fourth-order valence-corrected chi connectivity index (χ4v) is 3.10. The van der Waals surface area contributed by atoms with E-state index in [0.29, 0.717) is 37.9 Å². The van der Waals surface area contributed by atoms with Crippen molar-refractivity contribution in [2.75, 3.05) is 6.61 Å². The maximum absolute atomic E-state index is 11.9. The number of amides is 1. The van der Waals surface area contributed by atoms with Gasteiger partial charge in [-0.25, -0.2) is 5.43 Å². The fourth-order valence-electron chi connectivity index (χ4n) is 2.60. The number of nitrogens with zero attached hydrogens (tertiary/aromatic N) is 1. The van der Waals surface area contributed by atoms with Gasteiger partial charge in [-0.2, -0.15) is 5.10 Å². The van der Waals surface area contributed by atoms with Crippen LogP contribution in [0.5, 0.6) is 5.75 Å². The normalized spacial score (nSPS) is 11.1. The molecule has 150 valence electrons. The quantitative estimate of drug-likeness (QED) is 0.366. The zero-order chi connectivity index (χ0) is 21.0. The van der Waals surface area contributed by atoms with Crippen LogP contribution in [0.2, 0.25) is 15.1 Å². The lowest BCUT2D eigenvalue weighted by atomic mass is 10.1. The number of carbonyl (C=O) groups excluding carboxylic acids is 1. The SMILES string of the molecule is Cc1cc(OCC(=O)N/N=C\c2ccc(-c3cccc(Cl)c3Cl)o2)cc(C)c1Cl. The van der Waals surface area contributed by atoms with Crippen molar-refractivity contribution >= 4 is 46.9 Å². The van der Waals surface area contributed by atoms with Crippen LogP contribution in [-0.4, -0.2) is 18.7 Å². The highest BCUT2D eigenvalue weighted by molar-refractivity contribution is 6.43. The summed E-state index contributed by atoms with van der Waals surface area (Å²) in [6.45, 7) is 3.57. The Balaban J connectivity index is 1.56. The minimum absolute atomic E-state index is 0.181. The number of benzene rings is 2. The van der Waals surface area contributed by atoms with Gasteiger partial charge in [0, 0.05) is 10.6 Å². The summed E-state index contributed by atoms with van der Waals surface area (Å²) >= 11 is 18.3. The molecule has 0 aliphatic rings. The van der Waals surface area contributed by atoms with Crippen molar-refractivity contribution in [3.05, 3.63) is 74.4 Å². The van der Waals surface area contributed by atoms with Gasteiger partial charge in [-0.15, -0.1) is 0 Å². The maximum atomic E-state index is 11.9. The minimum atomic E-state index is -0.406. The summed E-state index contributed by atoms with van der Waals surface area (Å²) in [6, 6.07) is 12.3. The Morgan fingerprint density at radius 3 is 2.55 bits per heavy atom. The number of rotatable bonds is 6. The van der Waals surface area contributed by atoms with Crippen LogP contribution in [0.1, 0.15) is 16.9 Å². The van der Waals surface area contributed by atoms with E-state index in [1.807, 2.05) is 13.8 Å². The van der Waals surface area contributed by atoms with Crippen molar-refractivity contribution in [1.82, 2.24) is 5.43 Å². The molecule has 0 spiro atoms. The summed E-state index contributed by atoms with van der Waals surface area (Å²) < 4.78 is 11.1. The average Bonchev–Trinajstić information content (AvgIpc) is 3.15. The summed E-state index contributed by atoms with van der Waals surface area (Å²) in [4.78, 5) is 11.9. The Labute approximate surface area is 183 Å². The zero-order valence-electron chi connectivity index (χ0n) is 15.6. The number of furan rings is 1. The van der Waals surface area contributed by atoms with Crippen LogP contribution in [0.3, 0.4) is 0 Å². The number of halogens is 3. The van der Waals surface area contributed by atoms with E-state index in [1.54, 1.807) is 42.5 Å². The molecule has 0 radical (unpaired) electrons. The molecule has 0 fully saturated rings. The highest BCUT2D eigenvalue weighted by atomic mass is 35.5. The van der Waals surface area contributed by atoms with E-state index >= 15 is 0 Å². The molecule has 0 unspecified atom stereocenters. The largest absolute Gasteiger partial charge is 0.484 e. The van der Waals surface area contributed by atoms with Gasteiger partial charge in [-0.3, -0.25) is 4.79 Å². The molecular formula is C21H17Cl3N2O3. The Morgan fingerprint density at radius 1 is 1.10 bits per heavy atom. The van der Waals surface area contributed by atoms with E-state index in [-0.39, 0.29) is 6.61 Å². The molecule has 3 rings (SSSR count).